The highest BCUT2D eigenvalue weighted by Crippen LogP contribution is 2.62. The zero-order chi connectivity index (χ0) is 25.9. The van der Waals surface area contributed by atoms with Gasteiger partial charge in [0.05, 0.1) is 18.3 Å². The highest BCUT2D eigenvalue weighted by atomic mass is 19.4. The number of hydrogen-bond acceptors (Lipinski definition) is 3. The predicted octanol–water partition coefficient (Wildman–Crippen LogP) is 5.50. The van der Waals surface area contributed by atoms with Gasteiger partial charge in [-0.15, -0.1) is 8.78 Å². The summed E-state index contributed by atoms with van der Waals surface area (Å²) in [6.07, 6.45) is -9.27. The van der Waals surface area contributed by atoms with Gasteiger partial charge in [-0.1, -0.05) is 6.92 Å². The molecule has 0 aliphatic rings. The fourth-order valence-corrected chi connectivity index (χ4v) is 1.74. The van der Waals surface area contributed by atoms with Crippen molar-refractivity contribution in [1.29, 1.82) is 0 Å². The molecule has 184 valence electrons. The summed E-state index contributed by atoms with van der Waals surface area (Å²) in [6, 6.07) is -7.40. The first-order valence-corrected chi connectivity index (χ1v) is 7.11. The van der Waals surface area contributed by atoms with E-state index in [9.17, 15) is 80.9 Å². The Morgan fingerprint density at radius 3 is 1.16 bits per heavy atom. The van der Waals surface area contributed by atoms with Gasteiger partial charge in [0.1, 0.15) is 4.76 Å². The lowest BCUT2D eigenvalue weighted by molar-refractivity contribution is -0.889. The van der Waals surface area contributed by atoms with Gasteiger partial charge in [-0.3, -0.25) is 10.1 Å². The molecule has 0 aromatic carbocycles. The number of halogens is 15. The maximum atomic E-state index is 13.7. The summed E-state index contributed by atoms with van der Waals surface area (Å²) < 4.78 is 192. The molecule has 0 aliphatic carbocycles. The van der Waals surface area contributed by atoms with E-state index in [2.05, 4.69) is 0 Å². The molecule has 1 unspecified atom stereocenters. The monoisotopic (exact) mass is 501 g/mol. The van der Waals surface area contributed by atoms with E-state index in [-0.39, 0.29) is 6.92 Å². The molecule has 0 amide bonds. The summed E-state index contributed by atoms with van der Waals surface area (Å²) in [5.74, 6) is -41.8. The van der Waals surface area contributed by atoms with E-state index in [1.165, 1.54) is 0 Å². The van der Waals surface area contributed by atoms with Crippen molar-refractivity contribution in [3.05, 3.63) is 15.0 Å². The van der Waals surface area contributed by atoms with Crippen LogP contribution in [0.2, 0.25) is 0 Å². The standard InChI is InChI=1S/C11H8F15N2O3/c1-3-4(2,28(30)31)27(29)11(25,26)9(20,21)7(16,17)5(12,13)6(14,15)8(18,19)10(22,23)24/h3H2,1-2H3/q+1. The Labute approximate surface area is 159 Å². The molecule has 0 heterocycles. The van der Waals surface area contributed by atoms with Crippen molar-refractivity contribution >= 4 is 0 Å². The van der Waals surface area contributed by atoms with Gasteiger partial charge in [-0.05, 0) is 0 Å². The van der Waals surface area contributed by atoms with Crippen molar-refractivity contribution in [2.45, 2.75) is 67.8 Å². The van der Waals surface area contributed by atoms with Crippen molar-refractivity contribution < 1.29 is 75.5 Å². The molecule has 20 heteroatoms. The van der Waals surface area contributed by atoms with Crippen LogP contribution in [0.4, 0.5) is 65.9 Å². The number of hydrogen-bond donors (Lipinski definition) is 0. The molecule has 0 fully saturated rings. The molecule has 0 saturated carbocycles. The number of rotatable bonds is 9. The maximum absolute atomic E-state index is 13.7. The average Bonchev–Trinajstić information content (AvgIpc) is 2.57. The van der Waals surface area contributed by atoms with E-state index in [0.29, 0.717) is 6.92 Å². The summed E-state index contributed by atoms with van der Waals surface area (Å²) in [4.78, 5) is 19.9. The third-order valence-corrected chi connectivity index (χ3v) is 4.07. The van der Waals surface area contributed by atoms with Crippen LogP contribution in [-0.2, 0) is 0 Å². The Kier molecular flexibility index (Phi) is 6.76. The molecule has 0 N–H and O–H groups in total. The number of nitro groups is 1. The van der Waals surface area contributed by atoms with Crippen LogP contribution in [0.25, 0.3) is 0 Å². The van der Waals surface area contributed by atoms with Gasteiger partial charge in [-0.25, -0.2) is 0 Å². The minimum absolute atomic E-state index is 0.216. The topological polar surface area (TPSA) is 63.2 Å². The van der Waals surface area contributed by atoms with E-state index < -0.39 is 63.6 Å². The zero-order valence-corrected chi connectivity index (χ0v) is 14.5. The minimum atomic E-state index is -8.58. The molecule has 0 aliphatic heterocycles. The SMILES string of the molecule is CCC(C)([N+](=O)[O-])[N+](=O)C(F)(F)C(F)(F)C(F)(F)C(F)(F)C(F)(F)C(F)(F)C(F)(F)F. The van der Waals surface area contributed by atoms with Crippen LogP contribution < -0.4 is 0 Å². The molecule has 0 rings (SSSR count). The molecular formula is C11H8F15N2O3+. The second-order valence-corrected chi connectivity index (χ2v) is 6.03. The van der Waals surface area contributed by atoms with Gasteiger partial charge < -0.3 is 0 Å². The lowest BCUT2D eigenvalue weighted by atomic mass is 9.92. The maximum Gasteiger partial charge on any atom is 0.579 e. The Bertz CT molecular complexity index is 732. The van der Waals surface area contributed by atoms with Crippen LogP contribution in [0.5, 0.6) is 0 Å². The first-order chi connectivity index (χ1) is 13.2. The Morgan fingerprint density at radius 2 is 0.903 bits per heavy atom. The quantitative estimate of drug-likeness (QED) is 0.105. The lowest BCUT2D eigenvalue weighted by Gasteiger charge is -2.39. The van der Waals surface area contributed by atoms with Gasteiger partial charge in [-0.2, -0.15) is 57.1 Å². The molecule has 0 radical (unpaired) electrons. The van der Waals surface area contributed by atoms with Crippen LogP contribution in [0.15, 0.2) is 0 Å². The van der Waals surface area contributed by atoms with E-state index in [1.807, 2.05) is 0 Å². The van der Waals surface area contributed by atoms with Crippen molar-refractivity contribution in [1.82, 2.24) is 0 Å². The summed E-state index contributed by atoms with van der Waals surface area (Å²) >= 11 is 0. The molecular weight excluding hydrogens is 493 g/mol. The average molecular weight is 501 g/mol. The van der Waals surface area contributed by atoms with Crippen molar-refractivity contribution in [3.8, 4) is 0 Å². The fraction of sp³-hybridized carbons (Fsp3) is 1.00. The third-order valence-electron chi connectivity index (χ3n) is 4.07. The van der Waals surface area contributed by atoms with Crippen molar-refractivity contribution in [2.24, 2.45) is 0 Å². The molecule has 0 bridgehead atoms. The second-order valence-electron chi connectivity index (χ2n) is 6.03. The number of nitrogens with zero attached hydrogens (tertiary/aromatic N) is 2. The minimum Gasteiger partial charge on any atom is -0.258 e. The van der Waals surface area contributed by atoms with E-state index in [4.69, 9.17) is 0 Å². The Hall–Kier alpha value is -2.05. The van der Waals surface area contributed by atoms with Crippen LogP contribution >= 0.6 is 0 Å². The molecule has 0 spiro atoms. The third kappa shape index (κ3) is 3.54. The van der Waals surface area contributed by atoms with Gasteiger partial charge in [0.15, 0.2) is 0 Å². The van der Waals surface area contributed by atoms with Crippen LogP contribution in [0.1, 0.15) is 20.3 Å². The summed E-state index contributed by atoms with van der Waals surface area (Å²) in [5.41, 5.74) is -3.99. The van der Waals surface area contributed by atoms with Gasteiger partial charge >= 0.3 is 47.5 Å². The summed E-state index contributed by atoms with van der Waals surface area (Å²) in [6.45, 7) is 0.236. The second kappa shape index (κ2) is 7.24. The van der Waals surface area contributed by atoms with Gasteiger partial charge in [0.2, 0.25) is 0 Å². The van der Waals surface area contributed by atoms with E-state index in [1.54, 1.807) is 0 Å². The molecule has 0 aromatic rings. The molecule has 1 atom stereocenters. The molecule has 5 nitrogen and oxygen atoms in total. The highest BCUT2D eigenvalue weighted by molar-refractivity contribution is 5.11. The number of nitroso groups, excluding NO2 is 1. The zero-order valence-electron chi connectivity index (χ0n) is 14.5. The number of alkyl halides is 15. The smallest absolute Gasteiger partial charge is 0.258 e. The molecule has 0 aromatic heterocycles. The summed E-state index contributed by atoms with van der Waals surface area (Å²) in [5, 5.41) is 10.6. The fourth-order valence-electron chi connectivity index (χ4n) is 1.74. The summed E-state index contributed by atoms with van der Waals surface area (Å²) in [7, 11) is 0. The predicted molar refractivity (Wildman–Crippen MR) is 65.1 cm³/mol. The molecule has 31 heavy (non-hydrogen) atoms. The van der Waals surface area contributed by atoms with Crippen molar-refractivity contribution in [3.63, 3.8) is 0 Å². The largest absolute Gasteiger partial charge is 0.579 e. The van der Waals surface area contributed by atoms with Crippen LogP contribution in [-0.4, -0.2) is 57.2 Å². The first-order valence-electron chi connectivity index (χ1n) is 7.11. The molecule has 0 saturated heterocycles. The lowest BCUT2D eigenvalue weighted by Crippen LogP contribution is -2.74. The van der Waals surface area contributed by atoms with Crippen LogP contribution in [0, 0.1) is 15.0 Å². The van der Waals surface area contributed by atoms with Gasteiger partial charge in [0, 0.05) is 4.91 Å². The van der Waals surface area contributed by atoms with Crippen molar-refractivity contribution in [2.75, 3.05) is 0 Å². The van der Waals surface area contributed by atoms with Crippen LogP contribution in [0.3, 0.4) is 0 Å². The normalized spacial score (nSPS) is 17.3. The Balaban J connectivity index is 6.84. The van der Waals surface area contributed by atoms with E-state index >= 15 is 0 Å². The highest BCUT2D eigenvalue weighted by Gasteiger charge is 2.97. The van der Waals surface area contributed by atoms with E-state index in [0.717, 1.165) is 0 Å². The first kappa shape index (κ1) is 28.9. The van der Waals surface area contributed by atoms with Gasteiger partial charge in [0.25, 0.3) is 0 Å². The Morgan fingerprint density at radius 1 is 0.613 bits per heavy atom.